The maximum Gasteiger partial charge on any atom is 0.573 e. The van der Waals surface area contributed by atoms with Gasteiger partial charge in [-0.15, -0.1) is 13.2 Å². The Morgan fingerprint density at radius 2 is 1.62 bits per heavy atom. The van der Waals surface area contributed by atoms with E-state index in [1.54, 1.807) is 42.5 Å². The van der Waals surface area contributed by atoms with Crippen molar-refractivity contribution < 1.29 is 32.2 Å². The molecule has 0 unspecified atom stereocenters. The maximum absolute atomic E-state index is 15.9. The van der Waals surface area contributed by atoms with Crippen molar-refractivity contribution in [2.24, 2.45) is 0 Å². The van der Waals surface area contributed by atoms with E-state index >= 15 is 4.39 Å². The fourth-order valence-electron chi connectivity index (χ4n) is 5.61. The van der Waals surface area contributed by atoms with Crippen LogP contribution in [0, 0.1) is 5.82 Å². The second-order valence-corrected chi connectivity index (χ2v) is 11.0. The second-order valence-electron chi connectivity index (χ2n) is 10.6. The van der Waals surface area contributed by atoms with Gasteiger partial charge in [0.15, 0.2) is 11.6 Å². The first-order valence-corrected chi connectivity index (χ1v) is 14.8. The number of benzene rings is 3. The summed E-state index contributed by atoms with van der Waals surface area (Å²) < 4.78 is 63.5. The molecule has 0 bridgehead atoms. The molecule has 1 saturated heterocycles. The summed E-state index contributed by atoms with van der Waals surface area (Å²) in [6.07, 6.45) is -4.30. The van der Waals surface area contributed by atoms with Crippen molar-refractivity contribution in [3.05, 3.63) is 93.0 Å². The van der Waals surface area contributed by atoms with E-state index in [4.69, 9.17) is 11.6 Å². The zero-order valence-electron chi connectivity index (χ0n) is 24.6. The molecule has 238 valence electrons. The Balaban J connectivity index is 1.67. The fourth-order valence-corrected chi connectivity index (χ4v) is 5.79. The predicted molar refractivity (Wildman–Crippen MR) is 166 cm³/mol. The van der Waals surface area contributed by atoms with Crippen molar-refractivity contribution in [1.82, 2.24) is 9.47 Å². The van der Waals surface area contributed by atoms with Crippen LogP contribution < -0.4 is 20.0 Å². The molecule has 4 aromatic rings. The number of aromatic carboxylic acids is 1. The monoisotopic (exact) mass is 646 g/mol. The lowest BCUT2D eigenvalue weighted by atomic mass is 10.1. The molecule has 1 fully saturated rings. The smallest absolute Gasteiger partial charge is 0.477 e. The Kier molecular flexibility index (Phi) is 9.26. The number of carboxylic acids is 1. The number of nitrogens with zero attached hydrogens (tertiary/aromatic N) is 4. The topological polar surface area (TPSA) is 78.2 Å². The number of hydrogen-bond acceptors (Lipinski definition) is 6. The molecule has 5 rings (SSSR count). The number of anilines is 2. The quantitative estimate of drug-likeness (QED) is 0.207. The first kappa shape index (κ1) is 32.1. The molecule has 0 spiro atoms. The summed E-state index contributed by atoms with van der Waals surface area (Å²) in [6.45, 7) is 7.21. The van der Waals surface area contributed by atoms with Crippen LogP contribution in [0.5, 0.6) is 5.75 Å². The highest BCUT2D eigenvalue weighted by molar-refractivity contribution is 6.30. The van der Waals surface area contributed by atoms with Gasteiger partial charge >= 0.3 is 12.3 Å². The van der Waals surface area contributed by atoms with E-state index in [0.29, 0.717) is 24.7 Å². The first-order chi connectivity index (χ1) is 21.4. The number of carbonyl (C=O) groups is 1. The predicted octanol–water partition coefficient (Wildman–Crippen LogP) is 6.55. The van der Waals surface area contributed by atoms with Crippen LogP contribution in [0.1, 0.15) is 29.8 Å². The van der Waals surface area contributed by atoms with E-state index in [0.717, 1.165) is 41.2 Å². The molecule has 2 heterocycles. The number of alkyl halides is 3. The Labute approximate surface area is 261 Å². The molecule has 8 nitrogen and oxygen atoms in total. The third-order valence-electron chi connectivity index (χ3n) is 7.90. The van der Waals surface area contributed by atoms with Crippen LogP contribution in [-0.4, -0.2) is 66.2 Å². The SMILES string of the molecule is CCN(CC)Cc1ccc(-n2cc(C(=O)O)c(=O)c3cc(F)c(N4CCN(c5cccc(Cl)c5)CC4)c(OC(F)(F)F)c32)cc1. The van der Waals surface area contributed by atoms with E-state index in [1.165, 1.54) is 4.90 Å². The molecule has 45 heavy (non-hydrogen) atoms. The van der Waals surface area contributed by atoms with Gasteiger partial charge in [-0.1, -0.05) is 43.6 Å². The first-order valence-electron chi connectivity index (χ1n) is 14.4. The van der Waals surface area contributed by atoms with Crippen LogP contribution in [-0.2, 0) is 6.54 Å². The number of aromatic nitrogens is 1. The van der Waals surface area contributed by atoms with Crippen molar-refractivity contribution in [2.75, 3.05) is 49.1 Å². The Morgan fingerprint density at radius 3 is 2.20 bits per heavy atom. The summed E-state index contributed by atoms with van der Waals surface area (Å²) >= 11 is 6.12. The van der Waals surface area contributed by atoms with E-state index < -0.39 is 51.5 Å². The number of piperazine rings is 1. The van der Waals surface area contributed by atoms with Gasteiger partial charge in [-0.3, -0.25) is 9.69 Å². The van der Waals surface area contributed by atoms with Crippen molar-refractivity contribution in [1.29, 1.82) is 0 Å². The van der Waals surface area contributed by atoms with Gasteiger partial charge in [-0.05, 0) is 55.1 Å². The standard InChI is InChI=1S/C32H31ClF4N4O4/c1-3-38(4-2)18-20-8-10-22(11-9-20)41-19-25(31(43)44)29(42)24-17-26(34)28(30(27(24)41)45-32(35,36)37)40-14-12-39(13-15-40)23-7-5-6-21(33)16-23/h5-11,16-17,19H,3-4,12-15,18H2,1-2H3,(H,43,44). The summed E-state index contributed by atoms with van der Waals surface area (Å²) in [6, 6.07) is 14.7. The third kappa shape index (κ3) is 6.86. The minimum Gasteiger partial charge on any atom is -0.477 e. The number of halogens is 5. The van der Waals surface area contributed by atoms with E-state index in [9.17, 15) is 27.9 Å². The Bertz CT molecular complexity index is 1770. The van der Waals surface area contributed by atoms with Crippen molar-refractivity contribution in [3.8, 4) is 11.4 Å². The summed E-state index contributed by atoms with van der Waals surface area (Å²) in [7, 11) is 0. The van der Waals surface area contributed by atoms with Gasteiger partial charge in [-0.2, -0.15) is 0 Å². The van der Waals surface area contributed by atoms with Crippen LogP contribution >= 0.6 is 11.6 Å². The molecule has 1 aliphatic rings. The highest BCUT2D eigenvalue weighted by Crippen LogP contribution is 2.42. The van der Waals surface area contributed by atoms with E-state index in [2.05, 4.69) is 9.64 Å². The van der Waals surface area contributed by atoms with Gasteiger partial charge in [0.1, 0.15) is 16.8 Å². The summed E-state index contributed by atoms with van der Waals surface area (Å²) in [4.78, 5) is 30.8. The van der Waals surface area contributed by atoms with Crippen LogP contribution in [0.15, 0.2) is 65.6 Å². The molecule has 0 amide bonds. The average molecular weight is 647 g/mol. The molecule has 1 N–H and O–H groups in total. The maximum atomic E-state index is 15.9. The lowest BCUT2D eigenvalue weighted by Crippen LogP contribution is -2.47. The molecular weight excluding hydrogens is 616 g/mol. The van der Waals surface area contributed by atoms with E-state index in [1.807, 2.05) is 24.8 Å². The van der Waals surface area contributed by atoms with Gasteiger partial charge in [0.25, 0.3) is 0 Å². The lowest BCUT2D eigenvalue weighted by molar-refractivity contribution is -0.274. The molecule has 3 aromatic carbocycles. The number of hydrogen-bond donors (Lipinski definition) is 1. The Hall–Kier alpha value is -4.29. The molecular formula is C32H31ClF4N4O4. The van der Waals surface area contributed by atoms with Gasteiger partial charge in [0.05, 0.1) is 5.39 Å². The largest absolute Gasteiger partial charge is 0.573 e. The number of carboxylic acid groups (broad SMARTS) is 1. The minimum atomic E-state index is -5.25. The van der Waals surface area contributed by atoms with Crippen molar-refractivity contribution in [3.63, 3.8) is 0 Å². The molecule has 13 heteroatoms. The second kappa shape index (κ2) is 13.0. The lowest BCUT2D eigenvalue weighted by Gasteiger charge is -2.38. The number of ether oxygens (including phenoxy) is 1. The van der Waals surface area contributed by atoms with Crippen LogP contribution in [0.3, 0.4) is 0 Å². The zero-order chi connectivity index (χ0) is 32.5. The van der Waals surface area contributed by atoms with Crippen LogP contribution in [0.4, 0.5) is 28.9 Å². The molecule has 0 radical (unpaired) electrons. The molecule has 0 atom stereocenters. The molecule has 1 aromatic heterocycles. The normalized spacial score (nSPS) is 14.0. The molecule has 0 saturated carbocycles. The average Bonchev–Trinajstić information content (AvgIpc) is 3.00. The number of pyridine rings is 1. The van der Waals surface area contributed by atoms with Gasteiger partial charge in [-0.25, -0.2) is 9.18 Å². The molecule has 0 aliphatic carbocycles. The van der Waals surface area contributed by atoms with Gasteiger partial charge in [0, 0.05) is 55.3 Å². The number of fused-ring (bicyclic) bond motifs is 1. The molecule has 1 aliphatic heterocycles. The van der Waals surface area contributed by atoms with Crippen LogP contribution in [0.2, 0.25) is 5.02 Å². The fraction of sp³-hybridized carbons (Fsp3) is 0.312. The summed E-state index contributed by atoms with van der Waals surface area (Å²) in [5.41, 5.74) is -0.728. The minimum absolute atomic E-state index is 0.126. The van der Waals surface area contributed by atoms with Crippen LogP contribution in [0.25, 0.3) is 16.6 Å². The van der Waals surface area contributed by atoms with Crippen molar-refractivity contribution >= 4 is 39.8 Å². The number of rotatable bonds is 9. The van der Waals surface area contributed by atoms with Gasteiger partial charge < -0.3 is 24.2 Å². The third-order valence-corrected chi connectivity index (χ3v) is 8.14. The van der Waals surface area contributed by atoms with Gasteiger partial charge in [0.2, 0.25) is 5.43 Å². The van der Waals surface area contributed by atoms with Crippen molar-refractivity contribution in [2.45, 2.75) is 26.8 Å². The Morgan fingerprint density at radius 1 is 0.978 bits per heavy atom. The van der Waals surface area contributed by atoms with E-state index in [-0.39, 0.29) is 18.8 Å². The summed E-state index contributed by atoms with van der Waals surface area (Å²) in [5.74, 6) is -3.66. The zero-order valence-corrected chi connectivity index (χ0v) is 25.3. The highest BCUT2D eigenvalue weighted by Gasteiger charge is 2.37. The highest BCUT2D eigenvalue weighted by atomic mass is 35.5. The summed E-state index contributed by atoms with van der Waals surface area (Å²) in [5, 5.41) is 9.74.